The first kappa shape index (κ1) is 21.3. The van der Waals surface area contributed by atoms with E-state index in [-0.39, 0.29) is 17.9 Å². The van der Waals surface area contributed by atoms with Crippen molar-refractivity contribution in [2.45, 2.75) is 44.3 Å². The normalized spacial score (nSPS) is 15.1. The molecule has 2 aliphatic rings. The van der Waals surface area contributed by atoms with Crippen molar-refractivity contribution in [3.8, 4) is 16.9 Å². The van der Waals surface area contributed by atoms with E-state index in [0.29, 0.717) is 23.7 Å². The van der Waals surface area contributed by atoms with Gasteiger partial charge >= 0.3 is 0 Å². The van der Waals surface area contributed by atoms with Gasteiger partial charge < -0.3 is 15.0 Å². The third kappa shape index (κ3) is 4.92. The second kappa shape index (κ2) is 9.10. The number of carbonyl (C=O) groups excluding carboxylic acids is 2. The first-order valence-corrected chi connectivity index (χ1v) is 11.6. The Kier molecular flexibility index (Phi) is 5.86. The van der Waals surface area contributed by atoms with E-state index < -0.39 is 0 Å². The molecule has 0 unspecified atom stereocenters. The fraction of sp³-hybridized carbons (Fsp3) is 0.286. The van der Waals surface area contributed by atoms with Crippen LogP contribution in [0.1, 0.15) is 52.0 Å². The Morgan fingerprint density at radius 2 is 1.61 bits per heavy atom. The molecule has 0 heterocycles. The summed E-state index contributed by atoms with van der Waals surface area (Å²) < 4.78 is 5.55. The van der Waals surface area contributed by atoms with Gasteiger partial charge in [-0.2, -0.15) is 0 Å². The molecule has 2 fully saturated rings. The summed E-state index contributed by atoms with van der Waals surface area (Å²) in [5, 5.41) is 3.01. The van der Waals surface area contributed by atoms with Crippen LogP contribution in [0.15, 0.2) is 72.8 Å². The number of nitrogens with one attached hydrogen (secondary N) is 1. The van der Waals surface area contributed by atoms with Gasteiger partial charge in [-0.3, -0.25) is 9.59 Å². The van der Waals surface area contributed by atoms with Crippen molar-refractivity contribution in [3.63, 3.8) is 0 Å². The van der Waals surface area contributed by atoms with Crippen molar-refractivity contribution in [3.05, 3.63) is 89.5 Å². The van der Waals surface area contributed by atoms with Gasteiger partial charge in [-0.15, -0.1) is 0 Å². The maximum Gasteiger partial charge on any atom is 0.254 e. The number of carbonyl (C=O) groups is 2. The molecule has 2 aliphatic carbocycles. The summed E-state index contributed by atoms with van der Waals surface area (Å²) in [5.74, 6) is 0.745. The minimum atomic E-state index is -0.0224. The number of hydrogen-bond acceptors (Lipinski definition) is 3. The molecular formula is C28H28N2O3. The molecule has 0 atom stereocenters. The van der Waals surface area contributed by atoms with E-state index in [1.165, 1.54) is 0 Å². The highest BCUT2D eigenvalue weighted by Gasteiger charge is 2.33. The first-order valence-electron chi connectivity index (χ1n) is 11.6. The minimum Gasteiger partial charge on any atom is -0.496 e. The van der Waals surface area contributed by atoms with Crippen molar-refractivity contribution in [1.82, 2.24) is 10.2 Å². The summed E-state index contributed by atoms with van der Waals surface area (Å²) in [6.07, 6.45) is 4.18. The standard InChI is InChI=1S/C28H28N2O3/c1-33-26-16-11-22(17-25(26)20-5-3-2-4-6-20)28(32)30(24-14-15-24)18-19-7-9-21(10-8-19)27(31)29-23-12-13-23/h2-11,16-17,23-24H,12-15,18H2,1H3,(H,29,31). The van der Waals surface area contributed by atoms with Crippen LogP contribution in [0.25, 0.3) is 11.1 Å². The quantitative estimate of drug-likeness (QED) is 0.533. The molecule has 5 nitrogen and oxygen atoms in total. The lowest BCUT2D eigenvalue weighted by atomic mass is 10.0. The summed E-state index contributed by atoms with van der Waals surface area (Å²) in [4.78, 5) is 27.7. The van der Waals surface area contributed by atoms with Crippen LogP contribution in [0.4, 0.5) is 0 Å². The van der Waals surface area contributed by atoms with Crippen molar-refractivity contribution in [2.75, 3.05) is 7.11 Å². The van der Waals surface area contributed by atoms with Crippen LogP contribution in [0.2, 0.25) is 0 Å². The number of rotatable bonds is 8. The molecule has 3 aromatic rings. The second-order valence-electron chi connectivity index (χ2n) is 8.89. The largest absolute Gasteiger partial charge is 0.496 e. The zero-order chi connectivity index (χ0) is 22.8. The van der Waals surface area contributed by atoms with Gasteiger partial charge in [-0.1, -0.05) is 42.5 Å². The van der Waals surface area contributed by atoms with Crippen LogP contribution in [0, 0.1) is 0 Å². The van der Waals surface area contributed by atoms with Crippen LogP contribution in [-0.2, 0) is 6.54 Å². The Balaban J connectivity index is 1.35. The van der Waals surface area contributed by atoms with Crippen molar-refractivity contribution in [2.24, 2.45) is 0 Å². The molecule has 5 heteroatoms. The number of amides is 2. The molecule has 1 N–H and O–H groups in total. The van der Waals surface area contributed by atoms with Crippen LogP contribution in [0.3, 0.4) is 0 Å². The lowest BCUT2D eigenvalue weighted by Gasteiger charge is -2.23. The van der Waals surface area contributed by atoms with E-state index in [1.54, 1.807) is 7.11 Å². The van der Waals surface area contributed by atoms with Gasteiger partial charge in [0.25, 0.3) is 11.8 Å². The van der Waals surface area contributed by atoms with Crippen molar-refractivity contribution in [1.29, 1.82) is 0 Å². The molecular weight excluding hydrogens is 412 g/mol. The van der Waals surface area contributed by atoms with Crippen LogP contribution < -0.4 is 10.1 Å². The average molecular weight is 441 g/mol. The van der Waals surface area contributed by atoms with Gasteiger partial charge in [0.05, 0.1) is 7.11 Å². The molecule has 2 saturated carbocycles. The van der Waals surface area contributed by atoms with Crippen LogP contribution >= 0.6 is 0 Å². The Hall–Kier alpha value is -3.60. The monoisotopic (exact) mass is 440 g/mol. The van der Waals surface area contributed by atoms with Gasteiger partial charge in [-0.05, 0) is 67.1 Å². The summed E-state index contributed by atoms with van der Waals surface area (Å²) >= 11 is 0. The van der Waals surface area contributed by atoms with E-state index in [4.69, 9.17) is 4.74 Å². The molecule has 0 bridgehead atoms. The number of nitrogens with zero attached hydrogens (tertiary/aromatic N) is 1. The highest BCUT2D eigenvalue weighted by molar-refractivity contribution is 5.97. The maximum absolute atomic E-state index is 13.5. The van der Waals surface area contributed by atoms with Gasteiger partial charge in [0, 0.05) is 35.3 Å². The topological polar surface area (TPSA) is 58.6 Å². The molecule has 0 spiro atoms. The van der Waals surface area contributed by atoms with Gasteiger partial charge in [-0.25, -0.2) is 0 Å². The molecule has 33 heavy (non-hydrogen) atoms. The number of ether oxygens (including phenoxy) is 1. The molecule has 0 saturated heterocycles. The lowest BCUT2D eigenvalue weighted by Crippen LogP contribution is -2.32. The number of methoxy groups -OCH3 is 1. The summed E-state index contributed by atoms with van der Waals surface area (Å²) in [6.45, 7) is 0.528. The van der Waals surface area contributed by atoms with E-state index in [2.05, 4.69) is 5.32 Å². The van der Waals surface area contributed by atoms with E-state index in [0.717, 1.165) is 48.1 Å². The van der Waals surface area contributed by atoms with E-state index in [1.807, 2.05) is 77.7 Å². The summed E-state index contributed by atoms with van der Waals surface area (Å²) in [7, 11) is 1.65. The fourth-order valence-corrected chi connectivity index (χ4v) is 4.06. The molecule has 3 aromatic carbocycles. The molecule has 168 valence electrons. The maximum atomic E-state index is 13.5. The molecule has 5 rings (SSSR count). The fourth-order valence-electron chi connectivity index (χ4n) is 4.06. The Morgan fingerprint density at radius 1 is 0.909 bits per heavy atom. The van der Waals surface area contributed by atoms with E-state index in [9.17, 15) is 9.59 Å². The summed E-state index contributed by atoms with van der Waals surface area (Å²) in [5.41, 5.74) is 4.27. The molecule has 0 aromatic heterocycles. The van der Waals surface area contributed by atoms with Crippen LogP contribution in [-0.4, -0.2) is 35.9 Å². The minimum absolute atomic E-state index is 0.0212. The predicted molar refractivity (Wildman–Crippen MR) is 128 cm³/mol. The molecule has 0 radical (unpaired) electrons. The lowest BCUT2D eigenvalue weighted by molar-refractivity contribution is 0.0729. The third-order valence-corrected chi connectivity index (χ3v) is 6.26. The molecule has 2 amide bonds. The SMILES string of the molecule is COc1ccc(C(=O)N(Cc2ccc(C(=O)NC3CC3)cc2)C2CC2)cc1-c1ccccc1. The molecule has 0 aliphatic heterocycles. The number of hydrogen-bond donors (Lipinski definition) is 1. The van der Waals surface area contributed by atoms with Gasteiger partial charge in [0.1, 0.15) is 5.75 Å². The van der Waals surface area contributed by atoms with Crippen molar-refractivity contribution >= 4 is 11.8 Å². The number of benzene rings is 3. The second-order valence-corrected chi connectivity index (χ2v) is 8.89. The third-order valence-electron chi connectivity index (χ3n) is 6.26. The summed E-state index contributed by atoms with van der Waals surface area (Å²) in [6, 6.07) is 23.8. The highest BCUT2D eigenvalue weighted by atomic mass is 16.5. The van der Waals surface area contributed by atoms with Gasteiger partial charge in [0.15, 0.2) is 0 Å². The smallest absolute Gasteiger partial charge is 0.254 e. The Morgan fingerprint density at radius 3 is 2.24 bits per heavy atom. The highest BCUT2D eigenvalue weighted by Crippen LogP contribution is 2.34. The predicted octanol–water partition coefficient (Wildman–Crippen LogP) is 5.06. The average Bonchev–Trinajstić information content (AvgIpc) is 3.78. The zero-order valence-corrected chi connectivity index (χ0v) is 18.8. The first-order chi connectivity index (χ1) is 16.1. The Labute approximate surface area is 194 Å². The Bertz CT molecular complexity index is 1150. The van der Waals surface area contributed by atoms with Crippen molar-refractivity contribution < 1.29 is 14.3 Å². The van der Waals surface area contributed by atoms with Gasteiger partial charge in [0.2, 0.25) is 0 Å². The van der Waals surface area contributed by atoms with E-state index >= 15 is 0 Å². The zero-order valence-electron chi connectivity index (χ0n) is 18.8. The van der Waals surface area contributed by atoms with Crippen LogP contribution in [0.5, 0.6) is 5.75 Å².